The molecule has 0 aromatic heterocycles. The Labute approximate surface area is 60.0 Å². The highest BCUT2D eigenvalue weighted by Gasteiger charge is 2.26. The molecule has 0 aromatic carbocycles. The molecular formula is C7H12O3. The molecular weight excluding hydrogens is 132 g/mol. The molecule has 1 fully saturated rings. The summed E-state index contributed by atoms with van der Waals surface area (Å²) in [5, 5.41) is 8.56. The lowest BCUT2D eigenvalue weighted by atomic mass is 10.0. The van der Waals surface area contributed by atoms with Crippen molar-refractivity contribution < 1.29 is 14.6 Å². The summed E-state index contributed by atoms with van der Waals surface area (Å²) in [6.45, 7) is 2.42. The number of rotatable bonds is 2. The van der Waals surface area contributed by atoms with E-state index >= 15 is 0 Å². The van der Waals surface area contributed by atoms with Gasteiger partial charge in [-0.1, -0.05) is 0 Å². The summed E-state index contributed by atoms with van der Waals surface area (Å²) in [6.07, 6.45) is 1.85. The minimum atomic E-state index is -0.757. The number of ether oxygens (including phenoxy) is 1. The van der Waals surface area contributed by atoms with E-state index in [0.717, 1.165) is 19.4 Å². The lowest BCUT2D eigenvalue weighted by Gasteiger charge is -2.12. The van der Waals surface area contributed by atoms with Crippen LogP contribution in [0, 0.1) is 5.92 Å². The lowest BCUT2D eigenvalue weighted by Crippen LogP contribution is -2.24. The molecule has 1 saturated heterocycles. The van der Waals surface area contributed by atoms with Crippen LogP contribution in [-0.4, -0.2) is 23.8 Å². The van der Waals surface area contributed by atoms with Gasteiger partial charge in [-0.3, -0.25) is 4.79 Å². The van der Waals surface area contributed by atoms with Crippen molar-refractivity contribution in [3.63, 3.8) is 0 Å². The Bertz CT molecular complexity index is 127. The molecule has 0 aliphatic carbocycles. The average molecular weight is 144 g/mol. The first-order chi connectivity index (χ1) is 4.72. The first-order valence-corrected chi connectivity index (χ1v) is 3.56. The Kier molecular flexibility index (Phi) is 2.27. The number of carbonyl (C=O) groups is 1. The van der Waals surface area contributed by atoms with Crippen molar-refractivity contribution in [2.45, 2.75) is 25.9 Å². The maximum absolute atomic E-state index is 10.4. The molecule has 0 radical (unpaired) electrons. The van der Waals surface area contributed by atoms with Gasteiger partial charge in [-0.05, 0) is 19.8 Å². The molecule has 10 heavy (non-hydrogen) atoms. The Balaban J connectivity index is 2.39. The molecule has 1 N–H and O–H groups in total. The number of hydrogen-bond donors (Lipinski definition) is 1. The Hall–Kier alpha value is -0.570. The van der Waals surface area contributed by atoms with Gasteiger partial charge in [0.05, 0.1) is 12.0 Å². The third-order valence-electron chi connectivity index (χ3n) is 1.91. The van der Waals surface area contributed by atoms with Crippen LogP contribution < -0.4 is 0 Å². The van der Waals surface area contributed by atoms with Crippen LogP contribution in [0.2, 0.25) is 0 Å². The van der Waals surface area contributed by atoms with Crippen molar-refractivity contribution >= 4 is 5.97 Å². The largest absolute Gasteiger partial charge is 0.481 e. The zero-order valence-electron chi connectivity index (χ0n) is 6.04. The number of carboxylic acid groups (broad SMARTS) is 1. The van der Waals surface area contributed by atoms with Gasteiger partial charge < -0.3 is 9.84 Å². The molecule has 3 heteroatoms. The van der Waals surface area contributed by atoms with E-state index in [9.17, 15) is 4.79 Å². The molecule has 3 nitrogen and oxygen atoms in total. The van der Waals surface area contributed by atoms with Crippen molar-refractivity contribution in [2.75, 3.05) is 6.61 Å². The zero-order valence-corrected chi connectivity index (χ0v) is 6.04. The van der Waals surface area contributed by atoms with Crippen molar-refractivity contribution in [3.05, 3.63) is 0 Å². The topological polar surface area (TPSA) is 46.5 Å². The molecule has 0 aromatic rings. The second-order valence-electron chi connectivity index (χ2n) is 2.68. The Morgan fingerprint density at radius 3 is 2.90 bits per heavy atom. The molecule has 2 atom stereocenters. The minimum absolute atomic E-state index is 0.0440. The number of carboxylic acids is 1. The second-order valence-corrected chi connectivity index (χ2v) is 2.68. The maximum Gasteiger partial charge on any atom is 0.308 e. The molecule has 0 bridgehead atoms. The van der Waals surface area contributed by atoms with Crippen molar-refractivity contribution in [2.24, 2.45) is 5.92 Å². The van der Waals surface area contributed by atoms with Gasteiger partial charge in [-0.25, -0.2) is 0 Å². The number of aliphatic carboxylic acids is 1. The fourth-order valence-electron chi connectivity index (χ4n) is 1.16. The van der Waals surface area contributed by atoms with Gasteiger partial charge in [0.1, 0.15) is 0 Å². The molecule has 1 heterocycles. The zero-order chi connectivity index (χ0) is 7.56. The van der Waals surface area contributed by atoms with Gasteiger partial charge in [0.2, 0.25) is 0 Å². The Morgan fingerprint density at radius 2 is 2.50 bits per heavy atom. The van der Waals surface area contributed by atoms with E-state index < -0.39 is 5.97 Å². The standard InChI is InChI=1S/C7H12O3/c1-5(7(8)9)6-3-2-4-10-6/h5-6H,2-4H2,1H3,(H,8,9)/t5-,6?/m0/s1. The highest BCUT2D eigenvalue weighted by atomic mass is 16.5. The SMILES string of the molecule is C[C@H](C(=O)O)C1CCCO1. The van der Waals surface area contributed by atoms with E-state index in [1.165, 1.54) is 0 Å². The minimum Gasteiger partial charge on any atom is -0.481 e. The van der Waals surface area contributed by atoms with Crippen molar-refractivity contribution in [1.29, 1.82) is 0 Å². The van der Waals surface area contributed by atoms with Crippen molar-refractivity contribution in [1.82, 2.24) is 0 Å². The van der Waals surface area contributed by atoms with Crippen LogP contribution in [0.25, 0.3) is 0 Å². The molecule has 0 saturated carbocycles. The third-order valence-corrected chi connectivity index (χ3v) is 1.91. The fraction of sp³-hybridized carbons (Fsp3) is 0.857. The van der Waals surface area contributed by atoms with Gasteiger partial charge in [-0.15, -0.1) is 0 Å². The molecule has 1 aliphatic heterocycles. The quantitative estimate of drug-likeness (QED) is 0.626. The first kappa shape index (κ1) is 7.54. The average Bonchev–Trinajstić information content (AvgIpc) is 2.36. The molecule has 58 valence electrons. The van der Waals surface area contributed by atoms with Gasteiger partial charge >= 0.3 is 5.97 Å². The van der Waals surface area contributed by atoms with E-state index in [1.807, 2.05) is 0 Å². The van der Waals surface area contributed by atoms with Crippen LogP contribution in [0.15, 0.2) is 0 Å². The van der Waals surface area contributed by atoms with E-state index in [4.69, 9.17) is 9.84 Å². The van der Waals surface area contributed by atoms with Crippen LogP contribution in [0.1, 0.15) is 19.8 Å². The van der Waals surface area contributed by atoms with E-state index in [0.29, 0.717) is 0 Å². The Morgan fingerprint density at radius 1 is 1.80 bits per heavy atom. The summed E-state index contributed by atoms with van der Waals surface area (Å²) in [6, 6.07) is 0. The monoisotopic (exact) mass is 144 g/mol. The van der Waals surface area contributed by atoms with Crippen LogP contribution in [0.3, 0.4) is 0 Å². The fourth-order valence-corrected chi connectivity index (χ4v) is 1.16. The van der Waals surface area contributed by atoms with Crippen LogP contribution in [-0.2, 0) is 9.53 Å². The summed E-state index contributed by atoms with van der Waals surface area (Å²) < 4.78 is 5.20. The summed E-state index contributed by atoms with van der Waals surface area (Å²) in [4.78, 5) is 10.4. The molecule has 1 unspecified atom stereocenters. The normalized spacial score (nSPS) is 28.3. The van der Waals surface area contributed by atoms with E-state index in [-0.39, 0.29) is 12.0 Å². The molecule has 0 spiro atoms. The van der Waals surface area contributed by atoms with Crippen LogP contribution >= 0.6 is 0 Å². The predicted octanol–water partition coefficient (Wildman–Crippen LogP) is 0.886. The van der Waals surface area contributed by atoms with Crippen LogP contribution in [0.4, 0.5) is 0 Å². The maximum atomic E-state index is 10.4. The summed E-state index contributed by atoms with van der Waals surface area (Å²) >= 11 is 0. The summed E-state index contributed by atoms with van der Waals surface area (Å²) in [5.74, 6) is -1.10. The third kappa shape index (κ3) is 1.48. The van der Waals surface area contributed by atoms with E-state index in [2.05, 4.69) is 0 Å². The van der Waals surface area contributed by atoms with Gasteiger partial charge in [0.25, 0.3) is 0 Å². The van der Waals surface area contributed by atoms with Gasteiger partial charge in [0.15, 0.2) is 0 Å². The molecule has 0 amide bonds. The highest BCUT2D eigenvalue weighted by Crippen LogP contribution is 2.19. The summed E-state index contributed by atoms with van der Waals surface area (Å²) in [7, 11) is 0. The molecule has 1 aliphatic rings. The van der Waals surface area contributed by atoms with Gasteiger partial charge in [-0.2, -0.15) is 0 Å². The first-order valence-electron chi connectivity index (χ1n) is 3.56. The lowest BCUT2D eigenvalue weighted by molar-refractivity contribution is -0.145. The smallest absolute Gasteiger partial charge is 0.308 e. The molecule has 1 rings (SSSR count). The summed E-state index contributed by atoms with van der Waals surface area (Å²) in [5.41, 5.74) is 0. The van der Waals surface area contributed by atoms with Crippen molar-refractivity contribution in [3.8, 4) is 0 Å². The van der Waals surface area contributed by atoms with Gasteiger partial charge in [0, 0.05) is 6.61 Å². The second kappa shape index (κ2) is 3.01. The number of hydrogen-bond acceptors (Lipinski definition) is 2. The predicted molar refractivity (Wildman–Crippen MR) is 35.8 cm³/mol. The van der Waals surface area contributed by atoms with E-state index in [1.54, 1.807) is 6.92 Å². The highest BCUT2D eigenvalue weighted by molar-refractivity contribution is 5.70. The van der Waals surface area contributed by atoms with Crippen LogP contribution in [0.5, 0.6) is 0 Å².